The summed E-state index contributed by atoms with van der Waals surface area (Å²) in [4.78, 5) is 23.7. The maximum atomic E-state index is 12.5. The van der Waals surface area contributed by atoms with Crippen molar-refractivity contribution in [2.45, 2.75) is 49.9 Å². The summed E-state index contributed by atoms with van der Waals surface area (Å²) in [6, 6.07) is 6.10. The Morgan fingerprint density at radius 2 is 1.93 bits per heavy atom. The molecule has 2 aromatic rings. The fraction of sp³-hybridized carbons (Fsp3) is 0.421. The molecule has 1 atom stereocenters. The molecule has 0 saturated heterocycles. The molecule has 0 spiro atoms. The molecule has 1 aliphatic heterocycles. The standard InChI is InChI=1S/C19H24N3O3SSi/c1-19(2,3)15(25-27(5)6)12-7-8-14-13(11-12)22(18(23)24-4)16-17(26-14)21-10-9-20-16/h7-11,15H,1-6H3. The van der Waals surface area contributed by atoms with Crippen LogP contribution in [0.2, 0.25) is 13.1 Å². The number of aromatic nitrogens is 2. The summed E-state index contributed by atoms with van der Waals surface area (Å²) in [7, 11) is 0.470. The second-order valence-electron chi connectivity index (χ2n) is 7.59. The molecule has 3 rings (SSSR count). The molecule has 0 saturated carbocycles. The van der Waals surface area contributed by atoms with Crippen LogP contribution in [0, 0.1) is 5.41 Å². The van der Waals surface area contributed by atoms with E-state index in [1.54, 1.807) is 12.4 Å². The predicted molar refractivity (Wildman–Crippen MR) is 108 cm³/mol. The molecule has 143 valence electrons. The highest BCUT2D eigenvalue weighted by atomic mass is 32.2. The van der Waals surface area contributed by atoms with E-state index < -0.39 is 15.1 Å². The van der Waals surface area contributed by atoms with E-state index in [-0.39, 0.29) is 11.5 Å². The molecule has 8 heteroatoms. The summed E-state index contributed by atoms with van der Waals surface area (Å²) in [6.07, 6.45) is 2.64. The Bertz CT molecular complexity index is 854. The lowest BCUT2D eigenvalue weighted by Crippen LogP contribution is -2.30. The second kappa shape index (κ2) is 7.61. The molecule has 1 radical (unpaired) electrons. The van der Waals surface area contributed by atoms with Crippen LogP contribution in [-0.2, 0) is 9.16 Å². The molecular formula is C19H24N3O3SSi. The van der Waals surface area contributed by atoms with Gasteiger partial charge in [-0.05, 0) is 36.2 Å². The maximum absolute atomic E-state index is 12.5. The zero-order valence-corrected chi connectivity index (χ0v) is 18.3. The van der Waals surface area contributed by atoms with Crippen molar-refractivity contribution in [2.75, 3.05) is 12.0 Å². The fourth-order valence-electron chi connectivity index (χ4n) is 2.98. The first kappa shape index (κ1) is 19.8. The van der Waals surface area contributed by atoms with E-state index in [4.69, 9.17) is 9.16 Å². The number of amides is 1. The Morgan fingerprint density at radius 3 is 2.56 bits per heavy atom. The molecule has 0 N–H and O–H groups in total. The number of hydrogen-bond donors (Lipinski definition) is 0. The molecule has 1 aliphatic rings. The number of ether oxygens (including phenoxy) is 1. The van der Waals surface area contributed by atoms with Gasteiger partial charge >= 0.3 is 6.09 Å². The molecule has 2 heterocycles. The minimum Gasteiger partial charge on any atom is -0.452 e. The van der Waals surface area contributed by atoms with E-state index in [0.717, 1.165) is 16.1 Å². The van der Waals surface area contributed by atoms with Crippen LogP contribution in [0.15, 0.2) is 40.5 Å². The van der Waals surface area contributed by atoms with Crippen molar-refractivity contribution in [3.63, 3.8) is 0 Å². The second-order valence-corrected chi connectivity index (χ2v) is 10.7. The van der Waals surface area contributed by atoms with Crippen molar-refractivity contribution in [2.24, 2.45) is 5.41 Å². The van der Waals surface area contributed by atoms with Crippen LogP contribution in [0.3, 0.4) is 0 Å². The highest BCUT2D eigenvalue weighted by molar-refractivity contribution is 7.99. The molecule has 6 nitrogen and oxygen atoms in total. The van der Waals surface area contributed by atoms with Gasteiger partial charge in [0, 0.05) is 17.3 Å². The Hall–Kier alpha value is -1.90. The molecule has 27 heavy (non-hydrogen) atoms. The number of rotatable bonds is 3. The smallest absolute Gasteiger partial charge is 0.420 e. The number of carbonyl (C=O) groups excluding carboxylic acids is 1. The zero-order valence-electron chi connectivity index (χ0n) is 16.4. The lowest BCUT2D eigenvalue weighted by molar-refractivity contribution is 0.0866. The highest BCUT2D eigenvalue weighted by Crippen LogP contribution is 2.48. The lowest BCUT2D eigenvalue weighted by atomic mass is 9.84. The van der Waals surface area contributed by atoms with Gasteiger partial charge in [-0.1, -0.05) is 38.6 Å². The van der Waals surface area contributed by atoms with E-state index >= 15 is 0 Å². The molecule has 1 amide bonds. The van der Waals surface area contributed by atoms with Crippen LogP contribution in [0.4, 0.5) is 16.3 Å². The summed E-state index contributed by atoms with van der Waals surface area (Å²) in [5.41, 5.74) is 1.71. The van der Waals surface area contributed by atoms with Gasteiger partial charge in [-0.15, -0.1) is 0 Å². The van der Waals surface area contributed by atoms with Crippen LogP contribution in [0.25, 0.3) is 0 Å². The average Bonchev–Trinajstić information content (AvgIpc) is 2.62. The summed E-state index contributed by atoms with van der Waals surface area (Å²) in [5.74, 6) is 0.489. The average molecular weight is 403 g/mol. The summed E-state index contributed by atoms with van der Waals surface area (Å²) in [6.45, 7) is 10.7. The predicted octanol–water partition coefficient (Wildman–Crippen LogP) is 5.20. The van der Waals surface area contributed by atoms with E-state index in [1.165, 1.54) is 23.8 Å². The largest absolute Gasteiger partial charge is 0.452 e. The van der Waals surface area contributed by atoms with E-state index in [0.29, 0.717) is 10.8 Å². The van der Waals surface area contributed by atoms with E-state index in [1.807, 2.05) is 12.1 Å². The third-order valence-corrected chi connectivity index (χ3v) is 5.84. The van der Waals surface area contributed by atoms with Crippen LogP contribution in [0.5, 0.6) is 0 Å². The molecule has 0 aliphatic carbocycles. The van der Waals surface area contributed by atoms with Gasteiger partial charge in [0.05, 0.1) is 18.9 Å². The van der Waals surface area contributed by atoms with Crippen LogP contribution in [0.1, 0.15) is 32.4 Å². The summed E-state index contributed by atoms with van der Waals surface area (Å²) >= 11 is 1.50. The monoisotopic (exact) mass is 402 g/mol. The van der Waals surface area contributed by atoms with Gasteiger partial charge < -0.3 is 9.16 Å². The minimum atomic E-state index is -0.899. The fourth-order valence-corrected chi connectivity index (χ4v) is 4.89. The van der Waals surface area contributed by atoms with Gasteiger partial charge in [-0.3, -0.25) is 0 Å². The molecule has 0 fully saturated rings. The first-order valence-corrected chi connectivity index (χ1v) is 11.9. The van der Waals surface area contributed by atoms with Crippen molar-refractivity contribution >= 4 is 38.4 Å². The number of nitrogens with zero attached hydrogens (tertiary/aromatic N) is 3. The number of hydrogen-bond acceptors (Lipinski definition) is 6. The Kier molecular flexibility index (Phi) is 5.59. The van der Waals surface area contributed by atoms with Crippen molar-refractivity contribution in [3.8, 4) is 0 Å². The van der Waals surface area contributed by atoms with Gasteiger partial charge in [0.25, 0.3) is 0 Å². The van der Waals surface area contributed by atoms with Gasteiger partial charge in [-0.2, -0.15) is 0 Å². The van der Waals surface area contributed by atoms with Crippen molar-refractivity contribution in [1.29, 1.82) is 0 Å². The van der Waals surface area contributed by atoms with Gasteiger partial charge in [0.1, 0.15) is 5.03 Å². The number of anilines is 2. The van der Waals surface area contributed by atoms with Crippen LogP contribution >= 0.6 is 11.8 Å². The molecule has 1 aromatic heterocycles. The zero-order chi connectivity index (χ0) is 19.8. The van der Waals surface area contributed by atoms with Crippen molar-refractivity contribution in [3.05, 3.63) is 36.2 Å². The first-order valence-electron chi connectivity index (χ1n) is 8.70. The van der Waals surface area contributed by atoms with Crippen LogP contribution in [-0.4, -0.2) is 32.2 Å². The Morgan fingerprint density at radius 1 is 1.22 bits per heavy atom. The van der Waals surface area contributed by atoms with Gasteiger partial charge in [-0.25, -0.2) is 19.7 Å². The highest BCUT2D eigenvalue weighted by Gasteiger charge is 2.34. The molecule has 0 bridgehead atoms. The number of methoxy groups -OCH3 is 1. The van der Waals surface area contributed by atoms with Crippen molar-refractivity contribution in [1.82, 2.24) is 9.97 Å². The maximum Gasteiger partial charge on any atom is 0.420 e. The van der Waals surface area contributed by atoms with Gasteiger partial charge in [0.15, 0.2) is 5.82 Å². The Balaban J connectivity index is 2.11. The van der Waals surface area contributed by atoms with E-state index in [9.17, 15) is 4.79 Å². The van der Waals surface area contributed by atoms with Crippen molar-refractivity contribution < 1.29 is 14.0 Å². The van der Waals surface area contributed by atoms with Crippen LogP contribution < -0.4 is 4.90 Å². The molecular weight excluding hydrogens is 378 g/mol. The minimum absolute atomic E-state index is 0.0700. The first-order chi connectivity index (χ1) is 12.7. The normalized spacial score (nSPS) is 14.6. The summed E-state index contributed by atoms with van der Waals surface area (Å²) < 4.78 is 11.3. The number of carbonyl (C=O) groups is 1. The topological polar surface area (TPSA) is 64.5 Å². The molecule has 1 unspecified atom stereocenters. The molecule has 1 aromatic carbocycles. The third kappa shape index (κ3) is 4.02. The SMILES string of the molecule is COC(=O)N1c2cc(C(O[Si](C)C)C(C)(C)C)ccc2Sc2nccnc21. The number of benzene rings is 1. The lowest BCUT2D eigenvalue weighted by Gasteiger charge is -2.34. The number of fused-ring (bicyclic) bond motifs is 2. The Labute approximate surface area is 166 Å². The summed E-state index contributed by atoms with van der Waals surface area (Å²) in [5, 5.41) is 0.680. The van der Waals surface area contributed by atoms with Gasteiger partial charge in [0.2, 0.25) is 9.04 Å². The van der Waals surface area contributed by atoms with E-state index in [2.05, 4.69) is 49.9 Å². The quantitative estimate of drug-likeness (QED) is 0.658. The third-order valence-electron chi connectivity index (χ3n) is 4.09.